The lowest BCUT2D eigenvalue weighted by Gasteiger charge is -2.32. The van der Waals surface area contributed by atoms with Crippen LogP contribution in [0.1, 0.15) is 47.5 Å². The molecule has 1 atom stereocenters. The highest BCUT2D eigenvalue weighted by Gasteiger charge is 2.31. The fourth-order valence-electron chi connectivity index (χ4n) is 2.50. The maximum absolute atomic E-state index is 11.9. The first kappa shape index (κ1) is 18.3. The van der Waals surface area contributed by atoms with Crippen LogP contribution in [0.25, 0.3) is 0 Å². The lowest BCUT2D eigenvalue weighted by molar-refractivity contribution is -0.116. The Morgan fingerprint density at radius 1 is 1.32 bits per heavy atom. The van der Waals surface area contributed by atoms with E-state index in [1.54, 1.807) is 38.2 Å². The molecule has 0 saturated carbocycles. The SMILES string of the molecule is CC(C=O)=CC=CC(C)(O)C=CC1=C(C)C(=O)CCC1(C)C. The van der Waals surface area contributed by atoms with E-state index < -0.39 is 5.60 Å². The summed E-state index contributed by atoms with van der Waals surface area (Å²) in [5.41, 5.74) is 1.15. The number of hydrogen-bond acceptors (Lipinski definition) is 3. The summed E-state index contributed by atoms with van der Waals surface area (Å²) in [5, 5.41) is 10.4. The van der Waals surface area contributed by atoms with Crippen LogP contribution in [0.2, 0.25) is 0 Å². The highest BCUT2D eigenvalue weighted by atomic mass is 16.3. The molecule has 0 aliphatic heterocycles. The first-order chi connectivity index (χ1) is 10.1. The third kappa shape index (κ3) is 4.92. The van der Waals surface area contributed by atoms with Crippen LogP contribution in [0.3, 0.4) is 0 Å². The molecule has 0 heterocycles. The van der Waals surface area contributed by atoms with Crippen LogP contribution in [0.4, 0.5) is 0 Å². The van der Waals surface area contributed by atoms with Crippen LogP contribution >= 0.6 is 0 Å². The fourth-order valence-corrected chi connectivity index (χ4v) is 2.50. The first-order valence-electron chi connectivity index (χ1n) is 7.56. The highest BCUT2D eigenvalue weighted by molar-refractivity contribution is 5.97. The molecule has 1 aliphatic rings. The normalized spacial score (nSPS) is 22.5. The van der Waals surface area contributed by atoms with Gasteiger partial charge in [-0.05, 0) is 61.5 Å². The number of aldehydes is 1. The van der Waals surface area contributed by atoms with Crippen molar-refractivity contribution >= 4 is 12.1 Å². The minimum atomic E-state index is -1.14. The van der Waals surface area contributed by atoms with Crippen LogP contribution in [-0.2, 0) is 9.59 Å². The van der Waals surface area contributed by atoms with E-state index in [9.17, 15) is 14.7 Å². The average Bonchev–Trinajstić information content (AvgIpc) is 2.42. The summed E-state index contributed by atoms with van der Waals surface area (Å²) >= 11 is 0. The first-order valence-corrected chi connectivity index (χ1v) is 7.56. The fraction of sp³-hybridized carbons (Fsp3) is 0.474. The third-order valence-corrected chi connectivity index (χ3v) is 4.09. The van der Waals surface area contributed by atoms with Crippen molar-refractivity contribution in [3.63, 3.8) is 0 Å². The van der Waals surface area contributed by atoms with Gasteiger partial charge in [-0.2, -0.15) is 0 Å². The van der Waals surface area contributed by atoms with Crippen molar-refractivity contribution in [2.24, 2.45) is 5.41 Å². The summed E-state index contributed by atoms with van der Waals surface area (Å²) in [6.45, 7) is 9.44. The molecule has 0 saturated heterocycles. The average molecular weight is 302 g/mol. The molecule has 1 rings (SSSR count). The minimum absolute atomic E-state index is 0.0672. The zero-order valence-corrected chi connectivity index (χ0v) is 14.1. The molecule has 1 N–H and O–H groups in total. The van der Waals surface area contributed by atoms with Gasteiger partial charge in [0.1, 0.15) is 6.29 Å². The summed E-state index contributed by atoms with van der Waals surface area (Å²) in [6.07, 6.45) is 10.6. The molecule has 0 bridgehead atoms. The molecule has 0 aromatic heterocycles. The van der Waals surface area contributed by atoms with Gasteiger partial charge in [-0.3, -0.25) is 9.59 Å². The molecule has 0 amide bonds. The van der Waals surface area contributed by atoms with Gasteiger partial charge >= 0.3 is 0 Å². The molecule has 3 heteroatoms. The van der Waals surface area contributed by atoms with E-state index >= 15 is 0 Å². The molecule has 3 nitrogen and oxygen atoms in total. The number of carbonyl (C=O) groups excluding carboxylic acids is 2. The summed E-state index contributed by atoms with van der Waals surface area (Å²) in [5.74, 6) is 0.179. The van der Waals surface area contributed by atoms with Crippen molar-refractivity contribution in [1.82, 2.24) is 0 Å². The predicted molar refractivity (Wildman–Crippen MR) is 89.4 cm³/mol. The largest absolute Gasteiger partial charge is 0.382 e. The second-order valence-corrected chi connectivity index (χ2v) is 6.79. The van der Waals surface area contributed by atoms with Crippen molar-refractivity contribution in [2.45, 2.75) is 53.1 Å². The zero-order chi connectivity index (χ0) is 17.0. The Balaban J connectivity index is 3.00. The van der Waals surface area contributed by atoms with E-state index in [0.717, 1.165) is 23.9 Å². The second-order valence-electron chi connectivity index (χ2n) is 6.79. The van der Waals surface area contributed by atoms with Gasteiger partial charge in [0.2, 0.25) is 0 Å². The molecule has 0 aromatic rings. The number of Topliss-reactive ketones (excluding diaryl/α,β-unsaturated/α-hetero) is 1. The van der Waals surface area contributed by atoms with Gasteiger partial charge in [0.15, 0.2) is 5.78 Å². The van der Waals surface area contributed by atoms with Crippen molar-refractivity contribution in [3.8, 4) is 0 Å². The number of ketones is 1. The van der Waals surface area contributed by atoms with E-state index in [1.165, 1.54) is 0 Å². The summed E-state index contributed by atoms with van der Waals surface area (Å²) in [4.78, 5) is 22.4. The molecule has 1 unspecified atom stereocenters. The van der Waals surface area contributed by atoms with E-state index in [0.29, 0.717) is 12.0 Å². The quantitative estimate of drug-likeness (QED) is 0.478. The maximum Gasteiger partial charge on any atom is 0.158 e. The molecule has 22 heavy (non-hydrogen) atoms. The van der Waals surface area contributed by atoms with Gasteiger partial charge in [-0.15, -0.1) is 0 Å². The van der Waals surface area contributed by atoms with Gasteiger partial charge in [0.25, 0.3) is 0 Å². The van der Waals surface area contributed by atoms with Gasteiger partial charge in [0, 0.05) is 6.42 Å². The zero-order valence-electron chi connectivity index (χ0n) is 14.1. The molecular formula is C19H26O3. The van der Waals surface area contributed by atoms with Crippen LogP contribution in [0, 0.1) is 5.41 Å². The van der Waals surface area contributed by atoms with E-state index in [-0.39, 0.29) is 11.2 Å². The lowest BCUT2D eigenvalue weighted by Crippen LogP contribution is -2.25. The molecule has 0 aromatic carbocycles. The predicted octanol–water partition coefficient (Wildman–Crippen LogP) is 3.70. The van der Waals surface area contributed by atoms with Crippen LogP contribution in [-0.4, -0.2) is 22.8 Å². The van der Waals surface area contributed by atoms with Gasteiger partial charge in [-0.1, -0.05) is 32.1 Å². The van der Waals surface area contributed by atoms with Crippen molar-refractivity contribution in [2.75, 3.05) is 0 Å². The standard InChI is InChI=1S/C19H26O3/c1-14(13-20)7-6-10-19(5,22)12-8-16-15(2)17(21)9-11-18(16,3)4/h6-8,10,12-13,22H,9,11H2,1-5H3. The van der Waals surface area contributed by atoms with Crippen molar-refractivity contribution < 1.29 is 14.7 Å². The molecule has 0 fully saturated rings. The number of allylic oxidation sites excluding steroid dienone is 6. The van der Waals surface area contributed by atoms with Crippen LogP contribution in [0.5, 0.6) is 0 Å². The topological polar surface area (TPSA) is 54.4 Å². The van der Waals surface area contributed by atoms with Crippen LogP contribution < -0.4 is 0 Å². The van der Waals surface area contributed by atoms with Gasteiger partial charge in [0.05, 0.1) is 5.60 Å². The third-order valence-electron chi connectivity index (χ3n) is 4.09. The maximum atomic E-state index is 11.9. The van der Waals surface area contributed by atoms with Gasteiger partial charge in [-0.25, -0.2) is 0 Å². The molecule has 0 radical (unpaired) electrons. The van der Waals surface area contributed by atoms with E-state index in [1.807, 2.05) is 13.0 Å². The summed E-state index contributed by atoms with van der Waals surface area (Å²) in [7, 11) is 0. The Morgan fingerprint density at radius 3 is 2.55 bits per heavy atom. The van der Waals surface area contributed by atoms with Gasteiger partial charge < -0.3 is 5.11 Å². The Hall–Kier alpha value is -1.74. The molecular weight excluding hydrogens is 276 g/mol. The van der Waals surface area contributed by atoms with Crippen LogP contribution in [0.15, 0.2) is 47.1 Å². The lowest BCUT2D eigenvalue weighted by atomic mass is 9.72. The Morgan fingerprint density at radius 2 is 1.95 bits per heavy atom. The monoisotopic (exact) mass is 302 g/mol. The Bertz CT molecular complexity index is 569. The Kier molecular flexibility index (Phi) is 5.84. The number of hydrogen-bond donors (Lipinski definition) is 1. The molecule has 0 spiro atoms. The minimum Gasteiger partial charge on any atom is -0.382 e. The summed E-state index contributed by atoms with van der Waals surface area (Å²) in [6, 6.07) is 0. The highest BCUT2D eigenvalue weighted by Crippen LogP contribution is 2.39. The number of rotatable bonds is 5. The Labute approximate surface area is 133 Å². The van der Waals surface area contributed by atoms with Crippen molar-refractivity contribution in [3.05, 3.63) is 47.1 Å². The number of carbonyl (C=O) groups is 2. The van der Waals surface area contributed by atoms with E-state index in [4.69, 9.17) is 0 Å². The van der Waals surface area contributed by atoms with Crippen molar-refractivity contribution in [1.29, 1.82) is 0 Å². The smallest absolute Gasteiger partial charge is 0.158 e. The summed E-state index contributed by atoms with van der Waals surface area (Å²) < 4.78 is 0. The molecule has 1 aliphatic carbocycles. The van der Waals surface area contributed by atoms with E-state index in [2.05, 4.69) is 13.8 Å². The second kappa shape index (κ2) is 7.01. The molecule has 120 valence electrons. The number of aliphatic hydroxyl groups is 1.